The minimum Gasteiger partial charge on any atom is -0.258 e. The second-order valence-electron chi connectivity index (χ2n) is 5.93. The fourth-order valence-corrected chi connectivity index (χ4v) is 3.23. The van der Waals surface area contributed by atoms with Crippen molar-refractivity contribution in [2.75, 3.05) is 0 Å². The molecule has 0 amide bonds. The van der Waals surface area contributed by atoms with Gasteiger partial charge in [0, 0.05) is 16.1 Å². The summed E-state index contributed by atoms with van der Waals surface area (Å²) in [5.41, 5.74) is -0.117. The zero-order valence-corrected chi connectivity index (χ0v) is 15.9. The Labute approximate surface area is 172 Å². The van der Waals surface area contributed by atoms with E-state index in [1.54, 1.807) is 0 Å². The zero-order valence-electron chi connectivity index (χ0n) is 14.3. The van der Waals surface area contributed by atoms with Gasteiger partial charge in [0.05, 0.1) is 10.8 Å². The SMILES string of the molecule is O=[N+]([O-])c1cc(C=CC(c2cc(Cl)cc(Cl)c2)C(F)(F)F)ccc1-n1cncn1. The van der Waals surface area contributed by atoms with E-state index in [1.165, 1.54) is 47.7 Å². The summed E-state index contributed by atoms with van der Waals surface area (Å²) in [6.07, 6.45) is -0.0691. The maximum atomic E-state index is 13.6. The molecule has 0 bridgehead atoms. The third kappa shape index (κ3) is 4.93. The molecule has 0 spiro atoms. The molecule has 0 radical (unpaired) electrons. The maximum Gasteiger partial charge on any atom is 0.399 e. The normalized spacial score (nSPS) is 13.0. The number of rotatable bonds is 5. The van der Waals surface area contributed by atoms with Gasteiger partial charge in [0.25, 0.3) is 5.69 Å². The number of aromatic nitrogens is 3. The van der Waals surface area contributed by atoms with Crippen molar-refractivity contribution in [3.05, 3.63) is 86.4 Å². The van der Waals surface area contributed by atoms with E-state index in [4.69, 9.17) is 23.2 Å². The monoisotopic (exact) mass is 442 g/mol. The molecular weight excluding hydrogens is 432 g/mol. The first-order valence-electron chi connectivity index (χ1n) is 7.99. The molecular formula is C18H11Cl2F3N4O2. The van der Waals surface area contributed by atoms with Gasteiger partial charge in [0.1, 0.15) is 18.3 Å². The predicted octanol–water partition coefficient (Wildman–Crippen LogP) is 5.84. The van der Waals surface area contributed by atoms with Crippen molar-refractivity contribution in [1.29, 1.82) is 0 Å². The van der Waals surface area contributed by atoms with Crippen LogP contribution in [0, 0.1) is 10.1 Å². The van der Waals surface area contributed by atoms with Crippen molar-refractivity contribution in [2.45, 2.75) is 12.1 Å². The van der Waals surface area contributed by atoms with Gasteiger partial charge in [0.15, 0.2) is 0 Å². The Morgan fingerprint density at radius 2 is 1.83 bits per heavy atom. The number of nitro groups is 1. The molecule has 1 unspecified atom stereocenters. The number of hydrogen-bond acceptors (Lipinski definition) is 4. The van der Waals surface area contributed by atoms with Crippen LogP contribution in [-0.2, 0) is 0 Å². The van der Waals surface area contributed by atoms with Gasteiger partial charge in [-0.15, -0.1) is 0 Å². The second-order valence-corrected chi connectivity index (χ2v) is 6.80. The topological polar surface area (TPSA) is 73.8 Å². The largest absolute Gasteiger partial charge is 0.399 e. The molecule has 29 heavy (non-hydrogen) atoms. The van der Waals surface area contributed by atoms with Gasteiger partial charge in [-0.25, -0.2) is 9.67 Å². The summed E-state index contributed by atoms with van der Waals surface area (Å²) in [6.45, 7) is 0. The summed E-state index contributed by atoms with van der Waals surface area (Å²) >= 11 is 11.6. The van der Waals surface area contributed by atoms with E-state index in [1.807, 2.05) is 0 Å². The molecule has 0 saturated carbocycles. The van der Waals surface area contributed by atoms with Crippen LogP contribution in [0.15, 0.2) is 55.1 Å². The van der Waals surface area contributed by atoms with E-state index >= 15 is 0 Å². The molecule has 0 N–H and O–H groups in total. The summed E-state index contributed by atoms with van der Waals surface area (Å²) in [5.74, 6) is -1.99. The summed E-state index contributed by atoms with van der Waals surface area (Å²) in [4.78, 5) is 14.5. The molecule has 2 aromatic carbocycles. The lowest BCUT2D eigenvalue weighted by molar-refractivity contribution is -0.384. The Kier molecular flexibility index (Phi) is 5.90. The van der Waals surface area contributed by atoms with Gasteiger partial charge in [-0.3, -0.25) is 10.1 Å². The van der Waals surface area contributed by atoms with Crippen LogP contribution in [0.1, 0.15) is 17.0 Å². The van der Waals surface area contributed by atoms with E-state index < -0.39 is 17.0 Å². The maximum absolute atomic E-state index is 13.6. The fourth-order valence-electron chi connectivity index (χ4n) is 2.69. The molecule has 0 aliphatic heterocycles. The zero-order chi connectivity index (χ0) is 21.2. The van der Waals surface area contributed by atoms with E-state index in [9.17, 15) is 23.3 Å². The quantitative estimate of drug-likeness (QED) is 0.367. The van der Waals surface area contributed by atoms with Crippen LogP contribution in [0.2, 0.25) is 10.0 Å². The molecule has 150 valence electrons. The highest BCUT2D eigenvalue weighted by Crippen LogP contribution is 2.38. The van der Waals surface area contributed by atoms with Crippen LogP contribution < -0.4 is 0 Å². The van der Waals surface area contributed by atoms with Crippen molar-refractivity contribution in [3.8, 4) is 5.69 Å². The Morgan fingerprint density at radius 1 is 1.14 bits per heavy atom. The molecule has 1 atom stereocenters. The molecule has 3 aromatic rings. The fraction of sp³-hybridized carbons (Fsp3) is 0.111. The van der Waals surface area contributed by atoms with Gasteiger partial charge in [-0.2, -0.15) is 18.3 Å². The summed E-state index contributed by atoms with van der Waals surface area (Å²) in [5, 5.41) is 15.3. The van der Waals surface area contributed by atoms with Crippen molar-refractivity contribution in [1.82, 2.24) is 14.8 Å². The number of halogens is 5. The third-order valence-electron chi connectivity index (χ3n) is 3.94. The third-order valence-corrected chi connectivity index (χ3v) is 4.38. The molecule has 6 nitrogen and oxygen atoms in total. The van der Waals surface area contributed by atoms with E-state index in [-0.39, 0.29) is 32.5 Å². The highest BCUT2D eigenvalue weighted by molar-refractivity contribution is 6.34. The Bertz CT molecular complexity index is 1050. The average Bonchev–Trinajstić information content (AvgIpc) is 3.14. The molecule has 0 aliphatic carbocycles. The highest BCUT2D eigenvalue weighted by Gasteiger charge is 2.39. The molecule has 11 heteroatoms. The van der Waals surface area contributed by atoms with Crippen LogP contribution in [-0.4, -0.2) is 25.9 Å². The molecule has 0 fully saturated rings. The van der Waals surface area contributed by atoms with Crippen molar-refractivity contribution in [2.24, 2.45) is 0 Å². The number of allylic oxidation sites excluding steroid dienone is 1. The number of hydrogen-bond donors (Lipinski definition) is 0. The first-order valence-corrected chi connectivity index (χ1v) is 8.75. The minimum atomic E-state index is -4.61. The van der Waals surface area contributed by atoms with E-state index in [0.717, 1.165) is 18.2 Å². The average molecular weight is 443 g/mol. The van der Waals surface area contributed by atoms with Gasteiger partial charge in [-0.05, 0) is 35.4 Å². The van der Waals surface area contributed by atoms with Crippen molar-refractivity contribution >= 4 is 35.0 Å². The number of benzene rings is 2. The van der Waals surface area contributed by atoms with E-state index in [0.29, 0.717) is 0 Å². The first kappa shape index (κ1) is 20.8. The first-order chi connectivity index (χ1) is 13.6. The number of alkyl halides is 3. The van der Waals surface area contributed by atoms with Crippen LogP contribution in [0.3, 0.4) is 0 Å². The van der Waals surface area contributed by atoms with Crippen LogP contribution in [0.5, 0.6) is 0 Å². The van der Waals surface area contributed by atoms with Gasteiger partial charge < -0.3 is 0 Å². The Hall–Kier alpha value is -2.91. The molecule has 1 heterocycles. The standard InChI is InChI=1S/C18H11Cl2F3N4O2/c19-13-6-12(7-14(20)8-13)15(18(21,22)23)3-1-11-2-4-16(17(5-11)27(28)29)26-10-24-9-25-26/h1-10,15H. The molecule has 0 aliphatic rings. The van der Waals surface area contributed by atoms with Crippen LogP contribution >= 0.6 is 23.2 Å². The van der Waals surface area contributed by atoms with Crippen LogP contribution in [0.4, 0.5) is 18.9 Å². The molecule has 1 aromatic heterocycles. The predicted molar refractivity (Wildman–Crippen MR) is 102 cm³/mol. The minimum absolute atomic E-state index is 0.0722. The van der Waals surface area contributed by atoms with Crippen molar-refractivity contribution < 1.29 is 18.1 Å². The lowest BCUT2D eigenvalue weighted by Gasteiger charge is -2.18. The van der Waals surface area contributed by atoms with Gasteiger partial charge in [0.2, 0.25) is 0 Å². The Balaban J connectivity index is 1.99. The highest BCUT2D eigenvalue weighted by atomic mass is 35.5. The summed E-state index contributed by atoms with van der Waals surface area (Å²) in [7, 11) is 0. The smallest absolute Gasteiger partial charge is 0.258 e. The van der Waals surface area contributed by atoms with Gasteiger partial charge >= 0.3 is 6.18 Å². The number of nitrogens with zero attached hydrogens (tertiary/aromatic N) is 4. The van der Waals surface area contributed by atoms with Gasteiger partial charge in [-0.1, -0.05) is 41.4 Å². The molecule has 0 saturated heterocycles. The molecule has 3 rings (SSSR count). The lowest BCUT2D eigenvalue weighted by atomic mass is 9.97. The Morgan fingerprint density at radius 3 is 2.38 bits per heavy atom. The van der Waals surface area contributed by atoms with Crippen LogP contribution in [0.25, 0.3) is 11.8 Å². The van der Waals surface area contributed by atoms with Crippen molar-refractivity contribution in [3.63, 3.8) is 0 Å². The number of nitro benzene ring substituents is 1. The summed E-state index contributed by atoms with van der Waals surface area (Å²) < 4.78 is 41.9. The van der Waals surface area contributed by atoms with E-state index in [2.05, 4.69) is 10.1 Å². The second kappa shape index (κ2) is 8.22. The lowest BCUT2D eigenvalue weighted by Crippen LogP contribution is -2.18. The summed E-state index contributed by atoms with van der Waals surface area (Å²) in [6, 6.07) is 7.66.